The molecular weight excluding hydrogens is 282 g/mol. The third-order valence-electron chi connectivity index (χ3n) is 3.38. The van der Waals surface area contributed by atoms with Gasteiger partial charge in [-0.1, -0.05) is 11.3 Å². The molecule has 0 aliphatic rings. The first kappa shape index (κ1) is 15.5. The molecule has 0 bridgehead atoms. The number of anilines is 1. The number of thiazole rings is 1. The summed E-state index contributed by atoms with van der Waals surface area (Å²) in [5.41, 5.74) is 3.04. The van der Waals surface area contributed by atoms with Gasteiger partial charge in [0.15, 0.2) is 10.6 Å². The van der Waals surface area contributed by atoms with Gasteiger partial charge < -0.3 is 9.47 Å². The second kappa shape index (κ2) is 6.26. The standard InChI is InChI=1S/C16H21N3OS/c1-6-19-11(2)15(12(3)20)21-16(19)17-13-7-9-14(10-8-13)18(4)5/h7-10H,6H2,1-5H3/b17-16-. The van der Waals surface area contributed by atoms with Gasteiger partial charge in [0.25, 0.3) is 0 Å². The normalized spacial score (nSPS) is 11.8. The van der Waals surface area contributed by atoms with E-state index in [1.807, 2.05) is 45.3 Å². The molecule has 2 aromatic rings. The summed E-state index contributed by atoms with van der Waals surface area (Å²) in [7, 11) is 4.03. The largest absolute Gasteiger partial charge is 0.378 e. The minimum Gasteiger partial charge on any atom is -0.378 e. The number of hydrogen-bond donors (Lipinski definition) is 0. The van der Waals surface area contributed by atoms with Gasteiger partial charge in [0.2, 0.25) is 0 Å². The zero-order valence-corrected chi connectivity index (χ0v) is 14.0. The maximum absolute atomic E-state index is 11.7. The molecule has 21 heavy (non-hydrogen) atoms. The van der Waals surface area contributed by atoms with E-state index in [2.05, 4.69) is 21.4 Å². The van der Waals surface area contributed by atoms with E-state index in [9.17, 15) is 4.79 Å². The number of nitrogens with zero attached hydrogens (tertiary/aromatic N) is 3. The summed E-state index contributed by atoms with van der Waals surface area (Å²) in [5.74, 6) is 0.101. The second-order valence-electron chi connectivity index (χ2n) is 5.12. The van der Waals surface area contributed by atoms with E-state index >= 15 is 0 Å². The summed E-state index contributed by atoms with van der Waals surface area (Å²) < 4.78 is 2.08. The van der Waals surface area contributed by atoms with Crippen LogP contribution in [0.4, 0.5) is 11.4 Å². The highest BCUT2D eigenvalue weighted by molar-refractivity contribution is 7.11. The SMILES string of the molecule is CCn1c(C)c(C(C)=O)s/c1=N\c1ccc(N(C)C)cc1. The molecule has 1 aromatic carbocycles. The van der Waals surface area contributed by atoms with Gasteiger partial charge in [0.05, 0.1) is 10.6 Å². The molecule has 5 heteroatoms. The number of carbonyl (C=O) groups excluding carboxylic acids is 1. The van der Waals surface area contributed by atoms with Crippen LogP contribution in [0.2, 0.25) is 0 Å². The van der Waals surface area contributed by atoms with Crippen LogP contribution in [0, 0.1) is 6.92 Å². The minimum absolute atomic E-state index is 0.101. The Balaban J connectivity index is 2.50. The highest BCUT2D eigenvalue weighted by atomic mass is 32.1. The van der Waals surface area contributed by atoms with Gasteiger partial charge in [0.1, 0.15) is 0 Å². The summed E-state index contributed by atoms with van der Waals surface area (Å²) in [6.07, 6.45) is 0. The highest BCUT2D eigenvalue weighted by Crippen LogP contribution is 2.19. The topological polar surface area (TPSA) is 37.6 Å². The summed E-state index contributed by atoms with van der Waals surface area (Å²) in [6, 6.07) is 8.08. The van der Waals surface area contributed by atoms with Crippen molar-refractivity contribution in [3.63, 3.8) is 0 Å². The van der Waals surface area contributed by atoms with Crippen molar-refractivity contribution in [3.05, 3.63) is 39.6 Å². The van der Waals surface area contributed by atoms with Crippen LogP contribution in [0.25, 0.3) is 0 Å². The average molecular weight is 303 g/mol. The van der Waals surface area contributed by atoms with Gasteiger partial charge in [-0.3, -0.25) is 4.79 Å². The van der Waals surface area contributed by atoms with Gasteiger partial charge in [-0.15, -0.1) is 0 Å². The first-order valence-corrected chi connectivity index (χ1v) is 7.79. The molecule has 4 nitrogen and oxygen atoms in total. The van der Waals surface area contributed by atoms with Crippen LogP contribution in [-0.2, 0) is 6.54 Å². The lowest BCUT2D eigenvalue weighted by molar-refractivity contribution is 0.102. The number of rotatable bonds is 4. The summed E-state index contributed by atoms with van der Waals surface area (Å²) in [6.45, 7) is 6.46. The van der Waals surface area contributed by atoms with Crippen molar-refractivity contribution in [1.29, 1.82) is 0 Å². The van der Waals surface area contributed by atoms with Crippen LogP contribution in [0.5, 0.6) is 0 Å². The molecular formula is C16H21N3OS. The molecule has 0 aliphatic heterocycles. The Labute approximate surface area is 129 Å². The second-order valence-corrected chi connectivity index (χ2v) is 6.10. The Hall–Kier alpha value is -1.88. The number of ketones is 1. The smallest absolute Gasteiger partial charge is 0.190 e. The van der Waals surface area contributed by atoms with Crippen LogP contribution in [0.3, 0.4) is 0 Å². The fourth-order valence-corrected chi connectivity index (χ4v) is 3.32. The Morgan fingerprint density at radius 3 is 2.38 bits per heavy atom. The molecule has 0 aliphatic carbocycles. The fraction of sp³-hybridized carbons (Fsp3) is 0.375. The van der Waals surface area contributed by atoms with E-state index in [-0.39, 0.29) is 5.78 Å². The average Bonchev–Trinajstić information content (AvgIpc) is 2.75. The minimum atomic E-state index is 0.101. The molecule has 1 aromatic heterocycles. The Kier molecular flexibility index (Phi) is 4.63. The Morgan fingerprint density at radius 2 is 1.90 bits per heavy atom. The predicted octanol–water partition coefficient (Wildman–Crippen LogP) is 3.38. The van der Waals surface area contributed by atoms with Gasteiger partial charge in [-0.05, 0) is 38.1 Å². The van der Waals surface area contributed by atoms with Crippen molar-refractivity contribution in [2.75, 3.05) is 19.0 Å². The maximum atomic E-state index is 11.7. The van der Waals surface area contributed by atoms with Gasteiger partial charge >= 0.3 is 0 Å². The Bertz CT molecular complexity index is 708. The van der Waals surface area contributed by atoms with Crippen LogP contribution < -0.4 is 9.70 Å². The third-order valence-corrected chi connectivity index (χ3v) is 4.67. The van der Waals surface area contributed by atoms with E-state index < -0.39 is 0 Å². The first-order valence-electron chi connectivity index (χ1n) is 6.97. The fourth-order valence-electron chi connectivity index (χ4n) is 2.20. The van der Waals surface area contributed by atoms with E-state index in [0.29, 0.717) is 0 Å². The molecule has 0 N–H and O–H groups in total. The van der Waals surface area contributed by atoms with Crippen molar-refractivity contribution >= 4 is 28.5 Å². The van der Waals surface area contributed by atoms with Crippen molar-refractivity contribution in [2.24, 2.45) is 4.99 Å². The Morgan fingerprint density at radius 1 is 1.29 bits per heavy atom. The lowest BCUT2D eigenvalue weighted by Gasteiger charge is -2.11. The summed E-state index contributed by atoms with van der Waals surface area (Å²) >= 11 is 1.46. The molecule has 0 spiro atoms. The molecule has 2 rings (SSSR count). The lowest BCUT2D eigenvalue weighted by Crippen LogP contribution is -2.14. The van der Waals surface area contributed by atoms with Crippen molar-refractivity contribution in [3.8, 4) is 0 Å². The van der Waals surface area contributed by atoms with Gasteiger partial charge in [-0.25, -0.2) is 4.99 Å². The van der Waals surface area contributed by atoms with Gasteiger partial charge in [-0.2, -0.15) is 0 Å². The highest BCUT2D eigenvalue weighted by Gasteiger charge is 2.12. The van der Waals surface area contributed by atoms with Crippen LogP contribution in [0.15, 0.2) is 29.3 Å². The molecule has 0 fully saturated rings. The van der Waals surface area contributed by atoms with Crippen molar-refractivity contribution in [1.82, 2.24) is 4.57 Å². The molecule has 0 amide bonds. The van der Waals surface area contributed by atoms with E-state index in [4.69, 9.17) is 0 Å². The molecule has 0 unspecified atom stereocenters. The van der Waals surface area contributed by atoms with Crippen LogP contribution in [-0.4, -0.2) is 24.4 Å². The summed E-state index contributed by atoms with van der Waals surface area (Å²) in [5, 5.41) is 0. The lowest BCUT2D eigenvalue weighted by atomic mass is 10.3. The number of hydrogen-bond acceptors (Lipinski definition) is 4. The zero-order valence-electron chi connectivity index (χ0n) is 13.2. The van der Waals surface area contributed by atoms with Crippen molar-refractivity contribution in [2.45, 2.75) is 27.3 Å². The number of benzene rings is 1. The quantitative estimate of drug-likeness (QED) is 0.812. The molecule has 0 saturated carbocycles. The first-order chi connectivity index (χ1) is 9.93. The predicted molar refractivity (Wildman–Crippen MR) is 88.7 cm³/mol. The zero-order chi connectivity index (χ0) is 15.6. The molecule has 112 valence electrons. The number of carbonyl (C=O) groups is 1. The van der Waals surface area contributed by atoms with E-state index in [0.717, 1.165) is 33.3 Å². The molecule has 1 heterocycles. The number of aromatic nitrogens is 1. The van der Waals surface area contributed by atoms with E-state index in [1.165, 1.54) is 11.3 Å². The molecule has 0 atom stereocenters. The molecule has 0 saturated heterocycles. The molecule has 0 radical (unpaired) electrons. The maximum Gasteiger partial charge on any atom is 0.190 e. The monoisotopic (exact) mass is 303 g/mol. The summed E-state index contributed by atoms with van der Waals surface area (Å²) in [4.78, 5) is 20.1. The van der Waals surface area contributed by atoms with Crippen LogP contribution >= 0.6 is 11.3 Å². The van der Waals surface area contributed by atoms with Gasteiger partial charge in [0, 0.05) is 38.9 Å². The van der Waals surface area contributed by atoms with E-state index in [1.54, 1.807) is 6.92 Å². The van der Waals surface area contributed by atoms with Crippen molar-refractivity contribution < 1.29 is 4.79 Å². The third kappa shape index (κ3) is 3.24. The number of Topliss-reactive ketones (excluding diaryl/α,β-unsaturated/α-hetero) is 1. The van der Waals surface area contributed by atoms with Crippen LogP contribution in [0.1, 0.15) is 29.2 Å².